The number of carbonyl (C=O) groups excluding carboxylic acids is 5. The van der Waals surface area contributed by atoms with Crippen LogP contribution in [0.15, 0.2) is 85.7 Å². The quantitative estimate of drug-likeness (QED) is 0.00653. The van der Waals surface area contributed by atoms with E-state index in [0.29, 0.717) is 0 Å². The fraction of sp³-hybridized carbons (Fsp3) is 0.393. The minimum Gasteiger partial charge on any atom is -0.390 e. The smallest absolute Gasteiger partial charge is 0.390 e. The van der Waals surface area contributed by atoms with Crippen LogP contribution in [0.4, 0.5) is 17.2 Å². The molecule has 7 heterocycles. The van der Waals surface area contributed by atoms with Gasteiger partial charge in [-0.3, -0.25) is 80.9 Å². The van der Waals surface area contributed by atoms with Crippen molar-refractivity contribution in [2.45, 2.75) is 101 Å². The minimum absolute atomic E-state index is 0.00835. The van der Waals surface area contributed by atoms with Crippen molar-refractivity contribution in [3.8, 4) is 35.5 Å². The normalized spacial score (nSPS) is 21.5. The number of rotatable bonds is 27. The highest BCUT2D eigenvalue weighted by Crippen LogP contribution is 2.52. The number of aliphatic hydroxyl groups is 2. The SMILES string of the molecule is COCC1OC(n2cc(C#CCNC(=O)CNC(=O)C(O)CNC(=O)C(N)CN)c(=O)[nH]c2=O)CC1OP(=O)(O)OCC1OC(n2cc(C#Cc3ccc(C(C)=O)c(N=O)c3)c(=O)[nH]c2=O)CC1OP(=O)(O)OCC1OC(n2cc(C#Cc3ccc(C(C)=O)c([N+](=O)[O-])c3)c3c(N)ncnc32)CC1O. The van der Waals surface area contributed by atoms with Crippen LogP contribution in [0.25, 0.3) is 11.0 Å². The van der Waals surface area contributed by atoms with E-state index in [4.69, 9.17) is 54.2 Å². The van der Waals surface area contributed by atoms with Gasteiger partial charge >= 0.3 is 27.0 Å². The van der Waals surface area contributed by atoms with E-state index in [2.05, 4.69) is 76.6 Å². The number of methoxy groups -OCH3 is 1. The molecule has 13 atom stereocenters. The van der Waals surface area contributed by atoms with E-state index in [1.54, 1.807) is 0 Å². The number of nitrogens with one attached hydrogen (secondary N) is 5. The zero-order valence-corrected chi connectivity index (χ0v) is 56.5. The van der Waals surface area contributed by atoms with Crippen molar-refractivity contribution in [1.29, 1.82) is 0 Å². The number of hydrogen-bond donors (Lipinski definition) is 12. The van der Waals surface area contributed by atoms with E-state index in [0.717, 1.165) is 33.9 Å². The Bertz CT molecular complexity index is 4930. The molecule has 15 N–H and O–H groups in total. The molecule has 6 aromatic rings. The predicted octanol–water partition coefficient (Wildman–Crippen LogP) is -2.15. The molecular formula is C61H65N15O26P2. The molecular weight excluding hydrogens is 1420 g/mol. The second kappa shape index (κ2) is 33.8. The number of aromatic amines is 2. The molecule has 3 aliphatic rings. The number of nitro groups is 1. The third kappa shape index (κ3) is 19.2. The fourth-order valence-electron chi connectivity index (χ4n) is 10.7. The van der Waals surface area contributed by atoms with Crippen LogP contribution in [0, 0.1) is 50.5 Å². The number of aliphatic hydroxyl groups excluding tert-OH is 2. The van der Waals surface area contributed by atoms with Gasteiger partial charge in [-0.25, -0.2) is 28.7 Å². The first-order valence-electron chi connectivity index (χ1n) is 30.9. The van der Waals surface area contributed by atoms with Crippen molar-refractivity contribution in [3.05, 3.63) is 157 Å². The van der Waals surface area contributed by atoms with Gasteiger partial charge in [0.1, 0.15) is 89.9 Å². The number of nitrogen functional groups attached to an aromatic ring is 1. The lowest BCUT2D eigenvalue weighted by Gasteiger charge is -2.24. The van der Waals surface area contributed by atoms with Crippen LogP contribution in [-0.4, -0.2) is 190 Å². The average Bonchev–Trinajstić information content (AvgIpc) is 1.62. The average molecular weight is 1490 g/mol. The molecule has 0 bridgehead atoms. The Morgan fingerprint density at radius 2 is 1.29 bits per heavy atom. The molecule has 43 heteroatoms. The number of nitrogens with zero attached hydrogens (tertiary/aromatic N) is 7. The summed E-state index contributed by atoms with van der Waals surface area (Å²) < 4.78 is 76.6. The number of amides is 3. The number of hydrogen-bond acceptors (Lipinski definition) is 30. The van der Waals surface area contributed by atoms with Crippen LogP contribution in [0.5, 0.6) is 0 Å². The molecule has 2 aromatic carbocycles. The molecule has 3 amide bonds. The Labute approximate surface area is 584 Å². The molecule has 13 unspecified atom stereocenters. The number of nitro benzene ring substituents is 1. The molecule has 41 nitrogen and oxygen atoms in total. The van der Waals surface area contributed by atoms with Crippen LogP contribution in [0.2, 0.25) is 0 Å². The molecule has 9 rings (SSSR count). The van der Waals surface area contributed by atoms with Gasteiger partial charge in [0.15, 0.2) is 11.6 Å². The Morgan fingerprint density at radius 3 is 1.87 bits per heavy atom. The summed E-state index contributed by atoms with van der Waals surface area (Å²) in [5.41, 5.74) is 12.0. The number of fused-ring (bicyclic) bond motifs is 1. The molecule has 0 spiro atoms. The highest BCUT2D eigenvalue weighted by Gasteiger charge is 2.47. The number of phosphoric ester groups is 2. The molecule has 0 saturated carbocycles. The fourth-order valence-corrected chi connectivity index (χ4v) is 12.6. The summed E-state index contributed by atoms with van der Waals surface area (Å²) in [5, 5.41) is 42.9. The maximum Gasteiger partial charge on any atom is 0.472 e. The molecule has 0 radical (unpaired) electrons. The Kier molecular flexibility index (Phi) is 25.2. The van der Waals surface area contributed by atoms with E-state index in [1.807, 2.05) is 0 Å². The van der Waals surface area contributed by atoms with Gasteiger partial charge in [0.25, 0.3) is 22.7 Å². The Balaban J connectivity index is 0.893. The van der Waals surface area contributed by atoms with Crippen LogP contribution in [0.3, 0.4) is 0 Å². The van der Waals surface area contributed by atoms with E-state index in [1.165, 1.54) is 62.1 Å². The maximum atomic E-state index is 14.1. The third-order valence-corrected chi connectivity index (χ3v) is 17.9. The first kappa shape index (κ1) is 77.7. The van der Waals surface area contributed by atoms with E-state index < -0.39 is 191 Å². The largest absolute Gasteiger partial charge is 0.472 e. The zero-order valence-electron chi connectivity index (χ0n) is 54.7. The Hall–Kier alpha value is -10.5. The lowest BCUT2D eigenvalue weighted by molar-refractivity contribution is -0.385. The lowest BCUT2D eigenvalue weighted by atomic mass is 10.1. The monoisotopic (exact) mass is 1490 g/mol. The van der Waals surface area contributed by atoms with E-state index in [9.17, 15) is 87.3 Å². The highest BCUT2D eigenvalue weighted by molar-refractivity contribution is 7.47. The van der Waals surface area contributed by atoms with Gasteiger partial charge in [0.2, 0.25) is 11.8 Å². The number of aromatic nitrogens is 7. The van der Waals surface area contributed by atoms with Crippen molar-refractivity contribution < 1.29 is 95.1 Å². The summed E-state index contributed by atoms with van der Waals surface area (Å²) in [4.78, 5) is 171. The van der Waals surface area contributed by atoms with Gasteiger partial charge in [-0.15, -0.1) is 4.91 Å². The summed E-state index contributed by atoms with van der Waals surface area (Å²) in [6.45, 7) is -1.62. The number of Topliss-reactive ketones (excluding diaryl/α,β-unsaturated/α-hetero) is 2. The van der Waals surface area contributed by atoms with E-state index >= 15 is 0 Å². The number of ketones is 2. The molecule has 3 fully saturated rings. The lowest BCUT2D eigenvalue weighted by Crippen LogP contribution is -2.50. The number of benzene rings is 2. The van der Waals surface area contributed by atoms with Gasteiger partial charge in [-0.05, 0) is 49.4 Å². The van der Waals surface area contributed by atoms with Crippen molar-refractivity contribution in [2.24, 2.45) is 16.6 Å². The van der Waals surface area contributed by atoms with Gasteiger partial charge in [0.05, 0.1) is 73.0 Å². The number of anilines is 1. The molecule has 4 aromatic heterocycles. The molecule has 3 saturated heterocycles. The molecule has 550 valence electrons. The molecule has 3 aliphatic heterocycles. The van der Waals surface area contributed by atoms with E-state index in [-0.39, 0.29) is 81.1 Å². The first-order chi connectivity index (χ1) is 49.4. The van der Waals surface area contributed by atoms with Gasteiger partial charge in [-0.1, -0.05) is 35.5 Å². The van der Waals surface area contributed by atoms with Crippen molar-refractivity contribution >= 4 is 73.2 Å². The van der Waals surface area contributed by atoms with Gasteiger partial charge < -0.3 is 76.7 Å². The number of ether oxygens (including phenoxy) is 4. The Morgan fingerprint density at radius 1 is 0.750 bits per heavy atom. The van der Waals surface area contributed by atoms with Crippen LogP contribution >= 0.6 is 15.6 Å². The van der Waals surface area contributed by atoms with Gasteiger partial charge in [0, 0.05) is 74.3 Å². The summed E-state index contributed by atoms with van der Waals surface area (Å²) in [7, 11) is -9.55. The second-order valence-electron chi connectivity index (χ2n) is 23.1. The standard InChI is InChI=1S/C61H65N15O26P2/c1-30(77)37-12-8-32(15-40(37)72-88)7-11-36-25-75(61(87)71-57(36)83)52-19-45(102-103(91,92)96-27-46-42(79)17-50(98-46)73-23-34(53-54(64)68-29-69-55(53)73)10-6-33-9-13-38(31(2)78)41(16-33)76(89)90)48(100-52)28-97-104(93,94)101-44-18-51(99-47(44)26-95-3)74-24-35(56(82)70-60(74)86)5-4-14-65-49(81)22-67-59(85)43(80)21-66-58(84)39(63)20-62/h8-9,12-13,15-16,23-25,29,39,42-48,50-52,79-80H,14,17-22,26-28,62-63H2,1-3H3,(H,65,81)(H,66,84)(H,67,85)(H,91,92)(H,93,94)(H2,64,68,69)(H,70,82,86)(H,71,83,87). The molecule has 0 aliphatic carbocycles. The van der Waals surface area contributed by atoms with Crippen molar-refractivity contribution in [1.82, 2.24) is 49.6 Å². The predicted molar refractivity (Wildman–Crippen MR) is 355 cm³/mol. The number of carbonyl (C=O) groups is 5. The summed E-state index contributed by atoms with van der Waals surface area (Å²) in [6.07, 6.45) is -11.4. The summed E-state index contributed by atoms with van der Waals surface area (Å²) in [5.74, 6) is 12.3. The first-order valence-corrected chi connectivity index (χ1v) is 33.9. The van der Waals surface area contributed by atoms with Crippen LogP contribution in [0.1, 0.15) is 100 Å². The zero-order chi connectivity index (χ0) is 75.5. The topological polar surface area (TPSA) is 601 Å². The van der Waals surface area contributed by atoms with Crippen LogP contribution < -0.4 is 55.6 Å². The van der Waals surface area contributed by atoms with Crippen molar-refractivity contribution in [2.75, 3.05) is 58.8 Å². The second-order valence-corrected chi connectivity index (χ2v) is 25.9. The number of nitrogens with two attached hydrogens (primary N) is 3. The number of phosphoric acid groups is 2. The minimum atomic E-state index is -5.41. The third-order valence-electron chi connectivity index (χ3n) is 15.9. The van der Waals surface area contributed by atoms with Crippen LogP contribution in [-0.2, 0) is 60.6 Å². The maximum absolute atomic E-state index is 14.1. The summed E-state index contributed by atoms with van der Waals surface area (Å²) in [6, 6.07) is 6.56. The molecule has 104 heavy (non-hydrogen) atoms. The van der Waals surface area contributed by atoms with Crippen molar-refractivity contribution in [3.63, 3.8) is 0 Å². The number of H-pyrrole nitrogens is 2. The number of nitroso groups, excluding NO2 is 1. The summed E-state index contributed by atoms with van der Waals surface area (Å²) >= 11 is 0. The highest BCUT2D eigenvalue weighted by atomic mass is 31.2. The van der Waals surface area contributed by atoms with Gasteiger partial charge in [-0.2, -0.15) is 0 Å².